The lowest BCUT2D eigenvalue weighted by Gasteiger charge is -2.15. The minimum absolute atomic E-state index is 0.748. The topological polar surface area (TPSA) is 24.5 Å². The Hall–Kier alpha value is -1.06. The summed E-state index contributed by atoms with van der Waals surface area (Å²) >= 11 is 0. The van der Waals surface area contributed by atoms with Gasteiger partial charge in [0.05, 0.1) is 6.61 Å². The fourth-order valence-electron chi connectivity index (χ4n) is 2.81. The van der Waals surface area contributed by atoms with Crippen LogP contribution in [0.5, 0.6) is 5.75 Å². The molecule has 2 fully saturated rings. The summed E-state index contributed by atoms with van der Waals surface area (Å²) in [5.41, 5.74) is 1.29. The normalized spacial score (nSPS) is 19.4. The highest BCUT2D eigenvalue weighted by atomic mass is 16.5. The summed E-state index contributed by atoms with van der Waals surface area (Å²) in [4.78, 5) is 2.55. The van der Waals surface area contributed by atoms with Crippen molar-refractivity contribution in [1.29, 1.82) is 0 Å². The molecule has 1 aromatic rings. The van der Waals surface area contributed by atoms with Crippen LogP contribution in [-0.2, 0) is 6.54 Å². The zero-order valence-corrected chi connectivity index (χ0v) is 12.3. The number of likely N-dealkylation sites (tertiary alicyclic amines) is 1. The summed E-state index contributed by atoms with van der Waals surface area (Å²) in [6, 6.07) is 9.18. The number of benzene rings is 1. The molecule has 20 heavy (non-hydrogen) atoms. The van der Waals surface area contributed by atoms with E-state index in [0.717, 1.165) is 31.4 Å². The molecule has 2 aliphatic rings. The first-order valence-electron chi connectivity index (χ1n) is 8.08. The van der Waals surface area contributed by atoms with Crippen LogP contribution in [0.1, 0.15) is 37.7 Å². The Kier molecular flexibility index (Phi) is 4.93. The SMILES string of the molecule is c1ccc(OCCCN2CCCC2)c(CNC2CC2)c1. The van der Waals surface area contributed by atoms with Crippen molar-refractivity contribution < 1.29 is 4.74 Å². The molecule has 1 heterocycles. The summed E-state index contributed by atoms with van der Waals surface area (Å²) in [5, 5.41) is 3.56. The Balaban J connectivity index is 1.41. The van der Waals surface area contributed by atoms with E-state index < -0.39 is 0 Å². The number of nitrogens with zero attached hydrogens (tertiary/aromatic N) is 1. The van der Waals surface area contributed by atoms with Crippen LogP contribution in [0.25, 0.3) is 0 Å². The average Bonchev–Trinajstić information content (AvgIpc) is 3.17. The Morgan fingerprint density at radius 2 is 1.95 bits per heavy atom. The molecule has 0 amide bonds. The van der Waals surface area contributed by atoms with Crippen molar-refractivity contribution in [2.45, 2.75) is 44.7 Å². The number of hydrogen-bond donors (Lipinski definition) is 1. The van der Waals surface area contributed by atoms with Crippen molar-refractivity contribution in [2.75, 3.05) is 26.2 Å². The molecule has 1 aromatic carbocycles. The Morgan fingerprint density at radius 1 is 1.15 bits per heavy atom. The van der Waals surface area contributed by atoms with Gasteiger partial charge in [0.2, 0.25) is 0 Å². The molecule has 1 aliphatic carbocycles. The Labute approximate surface area is 122 Å². The van der Waals surface area contributed by atoms with Crippen molar-refractivity contribution in [3.63, 3.8) is 0 Å². The maximum absolute atomic E-state index is 5.98. The Bertz CT molecular complexity index is 411. The van der Waals surface area contributed by atoms with Gasteiger partial charge in [0.25, 0.3) is 0 Å². The van der Waals surface area contributed by atoms with Crippen molar-refractivity contribution >= 4 is 0 Å². The van der Waals surface area contributed by atoms with Gasteiger partial charge in [-0.3, -0.25) is 0 Å². The van der Waals surface area contributed by atoms with Crippen molar-refractivity contribution in [1.82, 2.24) is 10.2 Å². The molecule has 110 valence electrons. The highest BCUT2D eigenvalue weighted by Crippen LogP contribution is 2.22. The van der Waals surface area contributed by atoms with E-state index in [2.05, 4.69) is 34.5 Å². The summed E-state index contributed by atoms with van der Waals surface area (Å²) in [6.45, 7) is 5.51. The van der Waals surface area contributed by atoms with Gasteiger partial charge < -0.3 is 15.0 Å². The maximum atomic E-state index is 5.98. The first kappa shape index (κ1) is 13.9. The van der Waals surface area contributed by atoms with Crippen molar-refractivity contribution in [2.24, 2.45) is 0 Å². The van der Waals surface area contributed by atoms with Crippen LogP contribution in [0.2, 0.25) is 0 Å². The van der Waals surface area contributed by atoms with E-state index in [4.69, 9.17) is 4.74 Å². The zero-order chi connectivity index (χ0) is 13.6. The second kappa shape index (κ2) is 7.09. The second-order valence-corrected chi connectivity index (χ2v) is 6.01. The van der Waals surface area contributed by atoms with Crippen LogP contribution in [0.4, 0.5) is 0 Å². The zero-order valence-electron chi connectivity index (χ0n) is 12.3. The molecule has 0 bridgehead atoms. The molecule has 3 nitrogen and oxygen atoms in total. The minimum Gasteiger partial charge on any atom is -0.493 e. The van der Waals surface area contributed by atoms with E-state index >= 15 is 0 Å². The third-order valence-electron chi connectivity index (χ3n) is 4.21. The van der Waals surface area contributed by atoms with E-state index in [1.165, 1.54) is 50.9 Å². The van der Waals surface area contributed by atoms with Crippen molar-refractivity contribution in [3.05, 3.63) is 29.8 Å². The Morgan fingerprint density at radius 3 is 2.75 bits per heavy atom. The van der Waals surface area contributed by atoms with Crippen LogP contribution < -0.4 is 10.1 Å². The molecule has 0 unspecified atom stereocenters. The van der Waals surface area contributed by atoms with Crippen LogP contribution in [-0.4, -0.2) is 37.2 Å². The molecule has 0 atom stereocenters. The van der Waals surface area contributed by atoms with E-state index in [-0.39, 0.29) is 0 Å². The predicted octanol–water partition coefficient (Wildman–Crippen LogP) is 2.80. The second-order valence-electron chi connectivity index (χ2n) is 6.01. The lowest BCUT2D eigenvalue weighted by molar-refractivity contribution is 0.261. The molecule has 0 radical (unpaired) electrons. The predicted molar refractivity (Wildman–Crippen MR) is 82.1 cm³/mol. The molecule has 3 rings (SSSR count). The number of hydrogen-bond acceptors (Lipinski definition) is 3. The number of para-hydroxylation sites is 1. The maximum Gasteiger partial charge on any atom is 0.123 e. The number of nitrogens with one attached hydrogen (secondary N) is 1. The third-order valence-corrected chi connectivity index (χ3v) is 4.21. The van der Waals surface area contributed by atoms with Gasteiger partial charge in [-0.2, -0.15) is 0 Å². The van der Waals surface area contributed by atoms with Crippen LogP contribution in [0, 0.1) is 0 Å². The van der Waals surface area contributed by atoms with Gasteiger partial charge in [-0.15, -0.1) is 0 Å². The van der Waals surface area contributed by atoms with E-state index in [0.29, 0.717) is 0 Å². The fraction of sp³-hybridized carbons (Fsp3) is 0.647. The number of rotatable bonds is 8. The highest BCUT2D eigenvalue weighted by molar-refractivity contribution is 5.33. The van der Waals surface area contributed by atoms with Gasteiger partial charge in [0.1, 0.15) is 5.75 Å². The molecule has 1 saturated carbocycles. The molecule has 0 spiro atoms. The molecular formula is C17H26N2O. The van der Waals surface area contributed by atoms with Gasteiger partial charge in [-0.25, -0.2) is 0 Å². The van der Waals surface area contributed by atoms with Crippen LogP contribution in [0.15, 0.2) is 24.3 Å². The van der Waals surface area contributed by atoms with E-state index in [9.17, 15) is 0 Å². The standard InChI is InChI=1S/C17H26N2O/c1-2-7-17(15(6-1)14-18-16-8-9-16)20-13-5-12-19-10-3-4-11-19/h1-2,6-7,16,18H,3-5,8-14H2. The third kappa shape index (κ3) is 4.22. The summed E-state index contributed by atoms with van der Waals surface area (Å²) in [6.07, 6.45) is 6.54. The molecule has 3 heteroatoms. The highest BCUT2D eigenvalue weighted by Gasteiger charge is 2.20. The summed E-state index contributed by atoms with van der Waals surface area (Å²) < 4.78 is 5.98. The van der Waals surface area contributed by atoms with Gasteiger partial charge in [-0.1, -0.05) is 18.2 Å². The van der Waals surface area contributed by atoms with Crippen LogP contribution >= 0.6 is 0 Å². The molecule has 0 aromatic heterocycles. The van der Waals surface area contributed by atoms with Gasteiger partial charge in [0.15, 0.2) is 0 Å². The molecular weight excluding hydrogens is 248 g/mol. The van der Waals surface area contributed by atoms with Crippen molar-refractivity contribution in [3.8, 4) is 5.75 Å². The first-order valence-corrected chi connectivity index (χ1v) is 8.08. The van der Waals surface area contributed by atoms with E-state index in [1.54, 1.807) is 0 Å². The molecule has 1 N–H and O–H groups in total. The molecule has 1 aliphatic heterocycles. The van der Waals surface area contributed by atoms with Gasteiger partial charge in [-0.05, 0) is 51.3 Å². The minimum atomic E-state index is 0.748. The first-order chi connectivity index (χ1) is 9.92. The monoisotopic (exact) mass is 274 g/mol. The largest absolute Gasteiger partial charge is 0.493 e. The van der Waals surface area contributed by atoms with E-state index in [1.807, 2.05) is 0 Å². The lowest BCUT2D eigenvalue weighted by Crippen LogP contribution is -2.22. The van der Waals surface area contributed by atoms with Gasteiger partial charge in [0, 0.05) is 24.7 Å². The molecule has 1 saturated heterocycles. The average molecular weight is 274 g/mol. The lowest BCUT2D eigenvalue weighted by atomic mass is 10.2. The smallest absolute Gasteiger partial charge is 0.123 e. The fourth-order valence-corrected chi connectivity index (χ4v) is 2.81. The van der Waals surface area contributed by atoms with Crippen LogP contribution in [0.3, 0.4) is 0 Å². The number of ether oxygens (including phenoxy) is 1. The summed E-state index contributed by atoms with van der Waals surface area (Å²) in [5.74, 6) is 1.06. The quantitative estimate of drug-likeness (QED) is 0.738. The summed E-state index contributed by atoms with van der Waals surface area (Å²) in [7, 11) is 0. The van der Waals surface area contributed by atoms with Gasteiger partial charge >= 0.3 is 0 Å².